The van der Waals surface area contributed by atoms with Crippen LogP contribution in [0.25, 0.3) is 0 Å². The minimum Gasteiger partial charge on any atom is -0.494 e. The minimum atomic E-state index is -0.784. The molecule has 2 aliphatic heterocycles. The van der Waals surface area contributed by atoms with Gasteiger partial charge in [-0.15, -0.1) is 0 Å². The van der Waals surface area contributed by atoms with Gasteiger partial charge in [-0.1, -0.05) is 6.42 Å². The maximum Gasteiger partial charge on any atom is 0.334 e. The molecule has 3 heterocycles. The summed E-state index contributed by atoms with van der Waals surface area (Å²) in [5.74, 6) is -0.580. The number of hydrogen-bond acceptors (Lipinski definition) is 7. The van der Waals surface area contributed by atoms with E-state index in [1.807, 2.05) is 4.90 Å². The highest BCUT2D eigenvalue weighted by Crippen LogP contribution is 2.62. The van der Waals surface area contributed by atoms with Gasteiger partial charge >= 0.3 is 11.7 Å². The number of aromatic nitrogens is 2. The monoisotopic (exact) mass is 541 g/mol. The second-order valence-electron chi connectivity index (χ2n) is 12.7. The highest BCUT2D eigenvalue weighted by atomic mass is 16.3. The van der Waals surface area contributed by atoms with Crippen molar-refractivity contribution in [2.24, 2.45) is 23.0 Å². The van der Waals surface area contributed by atoms with Crippen LogP contribution in [0.2, 0.25) is 0 Å². The quantitative estimate of drug-likeness (QED) is 0.236. The Labute approximate surface area is 226 Å². The fourth-order valence-electron chi connectivity index (χ4n) is 7.93. The summed E-state index contributed by atoms with van der Waals surface area (Å²) in [6.07, 6.45) is 7.80. The molecule has 0 aromatic carbocycles. The number of carbonyl (C=O) groups is 2. The molecule has 5 fully saturated rings. The van der Waals surface area contributed by atoms with E-state index >= 15 is 0 Å². The number of urea groups is 1. The van der Waals surface area contributed by atoms with Crippen molar-refractivity contribution in [3.05, 3.63) is 26.4 Å². The van der Waals surface area contributed by atoms with E-state index in [-0.39, 0.29) is 34.9 Å². The van der Waals surface area contributed by atoms with E-state index in [9.17, 15) is 24.3 Å². The zero-order valence-corrected chi connectivity index (χ0v) is 22.6. The van der Waals surface area contributed by atoms with Gasteiger partial charge in [0, 0.05) is 26.2 Å². The van der Waals surface area contributed by atoms with Crippen LogP contribution >= 0.6 is 0 Å². The molecule has 39 heavy (non-hydrogen) atoms. The maximum atomic E-state index is 13.5. The van der Waals surface area contributed by atoms with E-state index in [2.05, 4.69) is 5.32 Å². The molecule has 1 atom stereocenters. The van der Waals surface area contributed by atoms with Crippen molar-refractivity contribution in [3.63, 3.8) is 0 Å². The number of rotatable bonds is 6. The summed E-state index contributed by atoms with van der Waals surface area (Å²) in [4.78, 5) is 56.2. The Bertz CT molecular complexity index is 1320. The van der Waals surface area contributed by atoms with Gasteiger partial charge in [-0.25, -0.2) is 9.59 Å². The van der Waals surface area contributed by atoms with E-state index in [0.717, 1.165) is 51.6 Å². The van der Waals surface area contributed by atoms with Gasteiger partial charge in [0.15, 0.2) is 0 Å². The van der Waals surface area contributed by atoms with Gasteiger partial charge in [-0.3, -0.25) is 29.0 Å². The predicted molar refractivity (Wildman–Crippen MR) is 143 cm³/mol. The third kappa shape index (κ3) is 3.93. The molecular formula is C27H39N7O5. The van der Waals surface area contributed by atoms with Crippen molar-refractivity contribution >= 4 is 17.8 Å². The molecule has 0 unspecified atom stereocenters. The van der Waals surface area contributed by atoms with E-state index in [1.54, 1.807) is 7.05 Å². The van der Waals surface area contributed by atoms with Gasteiger partial charge < -0.3 is 21.1 Å². The zero-order chi connectivity index (χ0) is 27.7. The van der Waals surface area contributed by atoms with Crippen LogP contribution < -0.4 is 22.3 Å². The molecule has 3 aliphatic carbocycles. The van der Waals surface area contributed by atoms with Gasteiger partial charge in [0.1, 0.15) is 16.9 Å². The second-order valence-corrected chi connectivity index (χ2v) is 12.7. The lowest BCUT2D eigenvalue weighted by molar-refractivity contribution is -0.150. The Morgan fingerprint density at radius 2 is 1.74 bits per heavy atom. The van der Waals surface area contributed by atoms with Crippen molar-refractivity contribution in [2.45, 2.75) is 82.3 Å². The topological polar surface area (TPSA) is 167 Å². The maximum absolute atomic E-state index is 13.5. The van der Waals surface area contributed by atoms with Gasteiger partial charge in [0.25, 0.3) is 11.5 Å². The largest absolute Gasteiger partial charge is 0.494 e. The molecule has 2 spiro atoms. The van der Waals surface area contributed by atoms with Crippen molar-refractivity contribution in [3.8, 4) is 5.88 Å². The van der Waals surface area contributed by atoms with Crippen LogP contribution in [-0.2, 0) is 11.3 Å². The zero-order valence-electron chi connectivity index (χ0n) is 22.6. The van der Waals surface area contributed by atoms with E-state index < -0.39 is 28.5 Å². The first kappa shape index (κ1) is 26.1. The summed E-state index contributed by atoms with van der Waals surface area (Å²) in [6, 6.07) is -0.586. The van der Waals surface area contributed by atoms with Gasteiger partial charge in [0.2, 0.25) is 5.88 Å². The van der Waals surface area contributed by atoms with Crippen LogP contribution in [0, 0.1) is 22.7 Å². The summed E-state index contributed by atoms with van der Waals surface area (Å²) in [7, 11) is 1.57. The summed E-state index contributed by atoms with van der Waals surface area (Å²) >= 11 is 0. The first-order valence-corrected chi connectivity index (χ1v) is 14.3. The summed E-state index contributed by atoms with van der Waals surface area (Å²) in [6.45, 7) is 2.67. The lowest BCUT2D eigenvalue weighted by Crippen LogP contribution is -2.64. The summed E-state index contributed by atoms with van der Waals surface area (Å²) in [5, 5.41) is 21.9. The highest BCUT2D eigenvalue weighted by Gasteiger charge is 2.68. The Hall–Kier alpha value is -3.15. The molecule has 0 radical (unpaired) electrons. The average molecular weight is 542 g/mol. The lowest BCUT2D eigenvalue weighted by Gasteiger charge is -2.58. The van der Waals surface area contributed by atoms with Crippen molar-refractivity contribution in [2.75, 3.05) is 26.7 Å². The Morgan fingerprint density at radius 3 is 2.31 bits per heavy atom. The second kappa shape index (κ2) is 9.21. The Balaban J connectivity index is 1.22. The number of nitrogen functional groups attached to an aromatic ring is 1. The number of aromatic hydroxyl groups is 1. The van der Waals surface area contributed by atoms with E-state index in [1.165, 1.54) is 14.0 Å². The number of hydrogen-bond donors (Lipinski definition) is 4. The summed E-state index contributed by atoms with van der Waals surface area (Å²) < 4.78 is 2.42. The summed E-state index contributed by atoms with van der Waals surface area (Å²) in [5.41, 5.74) is 3.21. The average Bonchev–Trinajstić information content (AvgIpc) is 3.42. The Morgan fingerprint density at radius 1 is 1.05 bits per heavy atom. The SMILES string of the molecule is CN1C(=O)N(C[C@H]2CCNC2)C2(CC3(CCC(n4c(=O)c(C(=N)N)c(O)n(CC5CCC5)c4=O)CC3)C2)C1=O. The number of imide groups is 1. The van der Waals surface area contributed by atoms with Crippen molar-refractivity contribution in [1.29, 1.82) is 5.41 Å². The number of amides is 3. The van der Waals surface area contributed by atoms with Crippen LogP contribution in [0.5, 0.6) is 5.88 Å². The molecule has 212 valence electrons. The number of amidine groups is 1. The standard InChI is InChI=1S/C27H39N7O5/c1-31-23(37)27(33(24(31)38)13-17-7-10-30-11-17)14-26(15-27)8-5-18(6-9-26)34-22(36)19(20(28)29)21(35)32(25(34)39)12-16-3-2-4-16/h16-18,30,35H,2-15H2,1H3,(H3,28,29)/t17-,18?,26?,27?/m0/s1. The van der Waals surface area contributed by atoms with Crippen LogP contribution in [0.1, 0.15) is 75.8 Å². The number of likely N-dealkylation sites (N-methyl/N-ethyl adjacent to an activating group) is 1. The molecule has 5 aliphatic rings. The van der Waals surface area contributed by atoms with Gasteiger partial charge in [-0.2, -0.15) is 0 Å². The molecule has 3 saturated carbocycles. The fraction of sp³-hybridized carbons (Fsp3) is 0.741. The number of carbonyl (C=O) groups excluding carboxylic acids is 2. The minimum absolute atomic E-state index is 0.112. The van der Waals surface area contributed by atoms with Gasteiger partial charge in [0.05, 0.1) is 0 Å². The molecule has 12 heteroatoms. The molecule has 2 saturated heterocycles. The molecule has 12 nitrogen and oxygen atoms in total. The molecule has 5 N–H and O–H groups in total. The van der Waals surface area contributed by atoms with Gasteiger partial charge in [-0.05, 0) is 88.1 Å². The molecule has 1 aromatic rings. The number of nitrogens with two attached hydrogens (primary N) is 1. The predicted octanol–water partition coefficient (Wildman–Crippen LogP) is 0.937. The molecule has 6 rings (SSSR count). The molecule has 0 bridgehead atoms. The van der Waals surface area contributed by atoms with E-state index in [0.29, 0.717) is 44.7 Å². The van der Waals surface area contributed by atoms with Crippen LogP contribution in [0.3, 0.4) is 0 Å². The normalized spacial score (nSPS) is 32.7. The van der Waals surface area contributed by atoms with Crippen LogP contribution in [0.4, 0.5) is 4.79 Å². The van der Waals surface area contributed by atoms with Crippen LogP contribution in [0.15, 0.2) is 9.59 Å². The Kier molecular flexibility index (Phi) is 6.16. The fourth-order valence-corrected chi connectivity index (χ4v) is 7.93. The molecular weight excluding hydrogens is 502 g/mol. The first-order valence-electron chi connectivity index (χ1n) is 14.3. The third-order valence-corrected chi connectivity index (χ3v) is 10.3. The highest BCUT2D eigenvalue weighted by molar-refractivity contribution is 6.07. The third-order valence-electron chi connectivity index (χ3n) is 10.3. The first-order chi connectivity index (χ1) is 18.6. The molecule has 1 aromatic heterocycles. The number of nitrogens with zero attached hydrogens (tertiary/aromatic N) is 4. The van der Waals surface area contributed by atoms with Crippen molar-refractivity contribution in [1.82, 2.24) is 24.3 Å². The van der Waals surface area contributed by atoms with Crippen LogP contribution in [-0.4, -0.2) is 74.0 Å². The number of nitrogens with one attached hydrogen (secondary N) is 2. The van der Waals surface area contributed by atoms with Crippen molar-refractivity contribution < 1.29 is 14.7 Å². The molecule has 3 amide bonds. The smallest absolute Gasteiger partial charge is 0.334 e. The van der Waals surface area contributed by atoms with E-state index in [4.69, 9.17) is 11.1 Å². The lowest BCUT2D eigenvalue weighted by atomic mass is 9.51.